The summed E-state index contributed by atoms with van der Waals surface area (Å²) >= 11 is 0. The van der Waals surface area contributed by atoms with Gasteiger partial charge >= 0.3 is 0 Å². The highest BCUT2D eigenvalue weighted by Gasteiger charge is 2.50. The van der Waals surface area contributed by atoms with E-state index in [2.05, 4.69) is 19.1 Å². The minimum Gasteiger partial charge on any atom is -0.299 e. The summed E-state index contributed by atoms with van der Waals surface area (Å²) in [6, 6.07) is 16.2. The van der Waals surface area contributed by atoms with Crippen LogP contribution in [0.25, 0.3) is 22.3 Å². The molecule has 118 valence electrons. The lowest BCUT2D eigenvalue weighted by atomic mass is 9.58. The van der Waals surface area contributed by atoms with Gasteiger partial charge in [0.15, 0.2) is 0 Å². The summed E-state index contributed by atoms with van der Waals surface area (Å²) in [4.78, 5) is 22.8. The fourth-order valence-electron chi connectivity index (χ4n) is 4.55. The zero-order valence-corrected chi connectivity index (χ0v) is 13.6. The van der Waals surface area contributed by atoms with Crippen molar-refractivity contribution in [3.8, 4) is 11.3 Å². The number of aromatic nitrogens is 2. The Bertz CT molecular complexity index is 994. The highest BCUT2D eigenvalue weighted by molar-refractivity contribution is 5.96. The molecule has 0 saturated heterocycles. The number of Topliss-reactive ketones (excluding diaryl/α,β-unsaturated/α-hetero) is 1. The molecule has 0 aliphatic heterocycles. The summed E-state index contributed by atoms with van der Waals surface area (Å²) < 4.78 is 0. The van der Waals surface area contributed by atoms with Crippen LogP contribution in [-0.2, 0) is 10.2 Å². The van der Waals surface area contributed by atoms with Gasteiger partial charge in [-0.25, -0.2) is 9.97 Å². The summed E-state index contributed by atoms with van der Waals surface area (Å²) in [6.45, 7) is 2.11. The average molecular weight is 314 g/mol. The molecule has 5 rings (SSSR count). The smallest absolute Gasteiger partial charge is 0.143 e. The molecule has 0 spiro atoms. The number of fused-ring (bicyclic) bond motifs is 7. The van der Waals surface area contributed by atoms with Gasteiger partial charge in [-0.2, -0.15) is 0 Å². The molecule has 3 heteroatoms. The molecule has 0 N–H and O–H groups in total. The van der Waals surface area contributed by atoms with E-state index < -0.39 is 5.41 Å². The van der Waals surface area contributed by atoms with Crippen LogP contribution in [0.5, 0.6) is 0 Å². The van der Waals surface area contributed by atoms with Crippen molar-refractivity contribution < 1.29 is 4.79 Å². The first kappa shape index (κ1) is 13.8. The monoisotopic (exact) mass is 314 g/mol. The molecule has 0 radical (unpaired) electrons. The van der Waals surface area contributed by atoms with E-state index in [0.717, 1.165) is 46.4 Å². The van der Waals surface area contributed by atoms with E-state index in [9.17, 15) is 4.79 Å². The number of carbonyl (C=O) groups excluding carboxylic acids is 1. The summed E-state index contributed by atoms with van der Waals surface area (Å²) in [7, 11) is 0. The molecule has 0 amide bonds. The van der Waals surface area contributed by atoms with Gasteiger partial charge in [0.2, 0.25) is 0 Å². The van der Waals surface area contributed by atoms with Crippen molar-refractivity contribution in [2.45, 2.75) is 37.5 Å². The molecule has 2 aliphatic rings. The largest absolute Gasteiger partial charge is 0.299 e. The number of rotatable bonds is 0. The van der Waals surface area contributed by atoms with E-state index in [-0.39, 0.29) is 5.92 Å². The highest BCUT2D eigenvalue weighted by atomic mass is 16.1. The average Bonchev–Trinajstić information content (AvgIpc) is 2.62. The quantitative estimate of drug-likeness (QED) is 0.617. The topological polar surface area (TPSA) is 42.9 Å². The van der Waals surface area contributed by atoms with Gasteiger partial charge in [0.1, 0.15) is 5.78 Å². The SMILES string of the molecule is C[C@@]12C(=O)CCC[C@H]1c1nc3ccccc3nc1-c1ccccc12. The molecule has 24 heavy (non-hydrogen) atoms. The van der Waals surface area contributed by atoms with E-state index in [1.54, 1.807) is 0 Å². The molecular weight excluding hydrogens is 296 g/mol. The second-order valence-corrected chi connectivity index (χ2v) is 7.06. The third kappa shape index (κ3) is 1.64. The van der Waals surface area contributed by atoms with Gasteiger partial charge in [-0.15, -0.1) is 0 Å². The minimum atomic E-state index is -0.473. The van der Waals surface area contributed by atoms with Gasteiger partial charge in [-0.05, 0) is 37.5 Å². The summed E-state index contributed by atoms with van der Waals surface area (Å²) in [6.07, 6.45) is 2.60. The van der Waals surface area contributed by atoms with Gasteiger partial charge in [0, 0.05) is 17.9 Å². The predicted octanol–water partition coefficient (Wildman–Crippen LogP) is 4.40. The Hall–Kier alpha value is -2.55. The lowest BCUT2D eigenvalue weighted by Crippen LogP contribution is -2.45. The second-order valence-electron chi connectivity index (χ2n) is 7.06. The zero-order valence-electron chi connectivity index (χ0n) is 13.6. The van der Waals surface area contributed by atoms with Crippen LogP contribution in [0, 0.1) is 0 Å². The first-order valence-electron chi connectivity index (χ1n) is 8.59. The van der Waals surface area contributed by atoms with Crippen LogP contribution in [0.3, 0.4) is 0 Å². The molecule has 2 aliphatic carbocycles. The van der Waals surface area contributed by atoms with Crippen LogP contribution in [0.1, 0.15) is 43.4 Å². The Balaban J connectivity index is 1.90. The van der Waals surface area contributed by atoms with E-state index >= 15 is 0 Å². The first-order valence-corrected chi connectivity index (χ1v) is 8.59. The molecule has 1 fully saturated rings. The molecular formula is C21H18N2O. The Morgan fingerprint density at radius 2 is 1.71 bits per heavy atom. The van der Waals surface area contributed by atoms with Crippen molar-refractivity contribution >= 4 is 16.8 Å². The minimum absolute atomic E-state index is 0.126. The Morgan fingerprint density at radius 1 is 1.00 bits per heavy atom. The molecule has 3 nitrogen and oxygen atoms in total. The van der Waals surface area contributed by atoms with Crippen LogP contribution in [0.2, 0.25) is 0 Å². The zero-order chi connectivity index (χ0) is 16.3. The van der Waals surface area contributed by atoms with E-state index in [1.165, 1.54) is 0 Å². The van der Waals surface area contributed by atoms with Crippen LogP contribution in [0.4, 0.5) is 0 Å². The molecule has 1 aromatic heterocycles. The molecule has 2 aromatic carbocycles. The highest BCUT2D eigenvalue weighted by Crippen LogP contribution is 2.54. The van der Waals surface area contributed by atoms with Crippen molar-refractivity contribution in [2.24, 2.45) is 0 Å². The van der Waals surface area contributed by atoms with Crippen molar-refractivity contribution in [3.63, 3.8) is 0 Å². The van der Waals surface area contributed by atoms with Crippen molar-refractivity contribution in [3.05, 3.63) is 59.8 Å². The van der Waals surface area contributed by atoms with E-state index in [4.69, 9.17) is 9.97 Å². The summed E-state index contributed by atoms with van der Waals surface area (Å²) in [5.41, 5.74) is 5.51. The van der Waals surface area contributed by atoms with Gasteiger partial charge < -0.3 is 0 Å². The molecule has 2 atom stereocenters. The molecule has 0 unspecified atom stereocenters. The van der Waals surface area contributed by atoms with Gasteiger partial charge in [-0.3, -0.25) is 4.79 Å². The molecule has 3 aromatic rings. The maximum Gasteiger partial charge on any atom is 0.143 e. The van der Waals surface area contributed by atoms with E-state index in [0.29, 0.717) is 12.2 Å². The normalized spacial score (nSPS) is 25.0. The number of carbonyl (C=O) groups is 1. The molecule has 1 saturated carbocycles. The fraction of sp³-hybridized carbons (Fsp3) is 0.286. The number of hydrogen-bond acceptors (Lipinski definition) is 3. The Morgan fingerprint density at radius 3 is 2.54 bits per heavy atom. The second kappa shape index (κ2) is 4.73. The summed E-state index contributed by atoms with van der Waals surface area (Å²) in [5.74, 6) is 0.465. The van der Waals surface area contributed by atoms with Crippen LogP contribution in [0.15, 0.2) is 48.5 Å². The van der Waals surface area contributed by atoms with Gasteiger partial charge in [0.05, 0.1) is 27.8 Å². The van der Waals surface area contributed by atoms with Crippen molar-refractivity contribution in [1.29, 1.82) is 0 Å². The van der Waals surface area contributed by atoms with E-state index in [1.807, 2.05) is 36.4 Å². The standard InChI is InChI=1S/C21H18N2O/c1-21-14-8-3-2-7-13(14)19-20(15(21)9-6-12-18(21)24)23-17-11-5-4-10-16(17)22-19/h2-5,7-8,10-11,15H,6,9,12H2,1H3/t15-,21-/m0/s1. The third-order valence-electron chi connectivity index (χ3n) is 5.84. The van der Waals surface area contributed by atoms with Crippen molar-refractivity contribution in [2.75, 3.05) is 0 Å². The number of nitrogens with zero attached hydrogens (tertiary/aromatic N) is 2. The first-order chi connectivity index (χ1) is 11.7. The molecule has 0 bridgehead atoms. The number of benzene rings is 2. The summed E-state index contributed by atoms with van der Waals surface area (Å²) in [5, 5.41) is 0. The van der Waals surface area contributed by atoms with Crippen LogP contribution in [-0.4, -0.2) is 15.8 Å². The van der Waals surface area contributed by atoms with Crippen LogP contribution < -0.4 is 0 Å². The number of ketones is 1. The van der Waals surface area contributed by atoms with Crippen LogP contribution >= 0.6 is 0 Å². The van der Waals surface area contributed by atoms with Gasteiger partial charge in [-0.1, -0.05) is 36.4 Å². The molecule has 1 heterocycles. The maximum absolute atomic E-state index is 12.9. The Kier molecular flexibility index (Phi) is 2.73. The fourth-order valence-corrected chi connectivity index (χ4v) is 4.55. The lowest BCUT2D eigenvalue weighted by Gasteiger charge is -2.44. The number of para-hydroxylation sites is 2. The van der Waals surface area contributed by atoms with Crippen molar-refractivity contribution in [1.82, 2.24) is 9.97 Å². The Labute approximate surface area is 140 Å². The number of hydrogen-bond donors (Lipinski definition) is 0. The third-order valence-corrected chi connectivity index (χ3v) is 5.84. The predicted molar refractivity (Wildman–Crippen MR) is 93.9 cm³/mol. The van der Waals surface area contributed by atoms with Gasteiger partial charge in [0.25, 0.3) is 0 Å². The maximum atomic E-state index is 12.9. The lowest BCUT2D eigenvalue weighted by molar-refractivity contribution is -0.126.